The minimum absolute atomic E-state index is 0.0444. The zero-order valence-corrected chi connectivity index (χ0v) is 16.0. The van der Waals surface area contributed by atoms with Crippen molar-refractivity contribution < 1.29 is 22.7 Å². The number of aryl methyl sites for hydroxylation is 1. The van der Waals surface area contributed by atoms with Gasteiger partial charge in [0.1, 0.15) is 12.6 Å². The van der Waals surface area contributed by atoms with E-state index >= 15 is 0 Å². The van der Waals surface area contributed by atoms with E-state index in [2.05, 4.69) is 10.0 Å². The van der Waals surface area contributed by atoms with Crippen molar-refractivity contribution in [1.29, 1.82) is 5.26 Å². The van der Waals surface area contributed by atoms with Gasteiger partial charge in [-0.15, -0.1) is 0 Å². The van der Waals surface area contributed by atoms with Crippen molar-refractivity contribution in [2.45, 2.75) is 18.2 Å². The minimum Gasteiger partial charge on any atom is -0.455 e. The monoisotopic (exact) mass is 401 g/mol. The van der Waals surface area contributed by atoms with Crippen LogP contribution in [0.2, 0.25) is 0 Å². The van der Waals surface area contributed by atoms with E-state index in [0.717, 1.165) is 12.0 Å². The van der Waals surface area contributed by atoms with Gasteiger partial charge in [-0.2, -0.15) is 9.98 Å². The molecule has 0 unspecified atom stereocenters. The van der Waals surface area contributed by atoms with E-state index < -0.39 is 35.1 Å². The zero-order valence-electron chi connectivity index (χ0n) is 15.1. The summed E-state index contributed by atoms with van der Waals surface area (Å²) in [5.41, 5.74) is 1.58. The summed E-state index contributed by atoms with van der Waals surface area (Å²) in [7, 11) is -4.07. The summed E-state index contributed by atoms with van der Waals surface area (Å²) in [4.78, 5) is 23.4. The molecule has 0 aliphatic carbocycles. The maximum atomic E-state index is 12.2. The van der Waals surface area contributed by atoms with E-state index in [1.807, 2.05) is 13.0 Å². The lowest BCUT2D eigenvalue weighted by molar-refractivity contribution is -0.146. The summed E-state index contributed by atoms with van der Waals surface area (Å²) in [5, 5.41) is 11.6. The minimum atomic E-state index is -4.07. The van der Waals surface area contributed by atoms with Crippen LogP contribution in [0.1, 0.15) is 18.1 Å². The van der Waals surface area contributed by atoms with Crippen LogP contribution in [-0.4, -0.2) is 33.4 Å². The molecule has 146 valence electrons. The maximum Gasteiger partial charge on any atom is 0.321 e. The molecule has 0 atom stereocenters. The summed E-state index contributed by atoms with van der Waals surface area (Å²) in [6.07, 6.45) is 0.813. The van der Waals surface area contributed by atoms with Crippen LogP contribution in [0.4, 0.5) is 5.69 Å². The standard InChI is InChI=1S/C19H19N3O5S/c1-2-14-6-5-8-16(10-14)22-18(23)13-27-19(24)12-21-28(25,26)17-9-4-3-7-15(17)11-20/h3-10,21H,2,12-13H2,1H3,(H,22,23). The van der Waals surface area contributed by atoms with E-state index in [-0.39, 0.29) is 10.5 Å². The van der Waals surface area contributed by atoms with Gasteiger partial charge in [0.15, 0.2) is 6.61 Å². The number of hydrogen-bond donors (Lipinski definition) is 2. The second-order valence-corrected chi connectivity index (χ2v) is 7.43. The number of ether oxygens (including phenoxy) is 1. The molecule has 2 aromatic rings. The number of carbonyl (C=O) groups excluding carboxylic acids is 2. The molecule has 0 bridgehead atoms. The third-order valence-corrected chi connectivity index (χ3v) is 5.15. The van der Waals surface area contributed by atoms with Crippen LogP contribution in [0.15, 0.2) is 53.4 Å². The molecule has 0 saturated carbocycles. The molecule has 0 aromatic heterocycles. The Balaban J connectivity index is 1.85. The van der Waals surface area contributed by atoms with Gasteiger partial charge in [-0.25, -0.2) is 8.42 Å². The van der Waals surface area contributed by atoms with Crippen LogP contribution >= 0.6 is 0 Å². The van der Waals surface area contributed by atoms with Crippen LogP contribution in [0.25, 0.3) is 0 Å². The van der Waals surface area contributed by atoms with Gasteiger partial charge in [-0.3, -0.25) is 9.59 Å². The van der Waals surface area contributed by atoms with Crippen molar-refractivity contribution in [3.8, 4) is 6.07 Å². The first-order valence-electron chi connectivity index (χ1n) is 8.39. The summed E-state index contributed by atoms with van der Waals surface area (Å²) < 4.78 is 31.2. The highest BCUT2D eigenvalue weighted by Crippen LogP contribution is 2.14. The Morgan fingerprint density at radius 3 is 2.61 bits per heavy atom. The molecule has 8 nitrogen and oxygen atoms in total. The van der Waals surface area contributed by atoms with Crippen molar-refractivity contribution in [2.24, 2.45) is 0 Å². The van der Waals surface area contributed by atoms with Gasteiger partial charge in [0.25, 0.3) is 5.91 Å². The van der Waals surface area contributed by atoms with Crippen LogP contribution in [0.5, 0.6) is 0 Å². The number of carbonyl (C=O) groups is 2. The summed E-state index contributed by atoms with van der Waals surface area (Å²) >= 11 is 0. The Labute approximate surface area is 163 Å². The van der Waals surface area contributed by atoms with Gasteiger partial charge in [0.05, 0.1) is 10.5 Å². The highest BCUT2D eigenvalue weighted by atomic mass is 32.2. The first kappa shape index (κ1) is 21.1. The van der Waals surface area contributed by atoms with Gasteiger partial charge in [-0.1, -0.05) is 31.2 Å². The van der Waals surface area contributed by atoms with Gasteiger partial charge in [0, 0.05) is 5.69 Å². The highest BCUT2D eigenvalue weighted by molar-refractivity contribution is 7.89. The summed E-state index contributed by atoms with van der Waals surface area (Å²) in [6, 6.07) is 14.6. The van der Waals surface area contributed by atoms with Crippen molar-refractivity contribution in [3.05, 3.63) is 59.7 Å². The number of amides is 1. The van der Waals surface area contributed by atoms with Crippen molar-refractivity contribution >= 4 is 27.6 Å². The second kappa shape index (κ2) is 9.64. The molecule has 0 spiro atoms. The summed E-state index contributed by atoms with van der Waals surface area (Å²) in [5.74, 6) is -1.46. The van der Waals surface area contributed by atoms with Crippen LogP contribution in [0, 0.1) is 11.3 Å². The molecule has 1 amide bonds. The molecule has 0 radical (unpaired) electrons. The van der Waals surface area contributed by atoms with Gasteiger partial charge >= 0.3 is 5.97 Å². The van der Waals surface area contributed by atoms with Gasteiger partial charge < -0.3 is 10.1 Å². The topological polar surface area (TPSA) is 125 Å². The van der Waals surface area contributed by atoms with Gasteiger partial charge in [-0.05, 0) is 36.2 Å². The molecule has 0 saturated heterocycles. The molecule has 28 heavy (non-hydrogen) atoms. The smallest absolute Gasteiger partial charge is 0.321 e. The Bertz CT molecular complexity index is 1010. The molecule has 0 heterocycles. The SMILES string of the molecule is CCc1cccc(NC(=O)COC(=O)CNS(=O)(=O)c2ccccc2C#N)c1. The van der Waals surface area contributed by atoms with Crippen molar-refractivity contribution in [1.82, 2.24) is 4.72 Å². The molecule has 9 heteroatoms. The number of anilines is 1. The Morgan fingerprint density at radius 2 is 1.89 bits per heavy atom. The van der Waals surface area contributed by atoms with E-state index in [9.17, 15) is 18.0 Å². The Hall–Kier alpha value is -3.22. The Morgan fingerprint density at radius 1 is 1.14 bits per heavy atom. The number of nitrogens with one attached hydrogen (secondary N) is 2. The number of nitriles is 1. The molecule has 2 N–H and O–H groups in total. The molecule has 0 aliphatic rings. The fraction of sp³-hybridized carbons (Fsp3) is 0.211. The highest BCUT2D eigenvalue weighted by Gasteiger charge is 2.19. The predicted octanol–water partition coefficient (Wildman–Crippen LogP) is 1.58. The normalized spacial score (nSPS) is 10.7. The van der Waals surface area contributed by atoms with Crippen LogP contribution in [0.3, 0.4) is 0 Å². The largest absolute Gasteiger partial charge is 0.455 e. The number of hydrogen-bond acceptors (Lipinski definition) is 6. The summed E-state index contributed by atoms with van der Waals surface area (Å²) in [6.45, 7) is 0.769. The lowest BCUT2D eigenvalue weighted by Gasteiger charge is -2.09. The zero-order chi connectivity index (χ0) is 20.6. The average molecular weight is 401 g/mol. The van der Waals surface area contributed by atoms with E-state index in [1.165, 1.54) is 24.3 Å². The van der Waals surface area contributed by atoms with Crippen LogP contribution < -0.4 is 10.0 Å². The predicted molar refractivity (Wildman–Crippen MR) is 102 cm³/mol. The van der Waals surface area contributed by atoms with E-state index in [4.69, 9.17) is 10.00 Å². The fourth-order valence-electron chi connectivity index (χ4n) is 2.29. The number of esters is 1. The first-order chi connectivity index (χ1) is 13.4. The quantitative estimate of drug-likeness (QED) is 0.647. The number of rotatable bonds is 8. The van der Waals surface area contributed by atoms with Gasteiger partial charge in [0.2, 0.25) is 10.0 Å². The third kappa shape index (κ3) is 5.90. The van der Waals surface area contributed by atoms with Crippen LogP contribution in [-0.2, 0) is 30.8 Å². The lowest BCUT2D eigenvalue weighted by Crippen LogP contribution is -2.32. The molecular weight excluding hydrogens is 382 g/mol. The lowest BCUT2D eigenvalue weighted by atomic mass is 10.1. The maximum absolute atomic E-state index is 12.2. The number of nitrogens with zero attached hydrogens (tertiary/aromatic N) is 1. The third-order valence-electron chi connectivity index (χ3n) is 3.69. The second-order valence-electron chi connectivity index (χ2n) is 5.70. The Kier molecular flexibility index (Phi) is 7.26. The molecule has 2 rings (SSSR count). The molecular formula is C19H19N3O5S. The van der Waals surface area contributed by atoms with E-state index in [1.54, 1.807) is 24.3 Å². The van der Waals surface area contributed by atoms with Crippen molar-refractivity contribution in [3.63, 3.8) is 0 Å². The van der Waals surface area contributed by atoms with Crippen molar-refractivity contribution in [2.75, 3.05) is 18.5 Å². The number of sulfonamides is 1. The molecule has 0 aliphatic heterocycles. The average Bonchev–Trinajstić information content (AvgIpc) is 2.70. The van der Waals surface area contributed by atoms with E-state index in [0.29, 0.717) is 5.69 Å². The molecule has 0 fully saturated rings. The number of benzene rings is 2. The fourth-order valence-corrected chi connectivity index (χ4v) is 3.41. The first-order valence-corrected chi connectivity index (χ1v) is 9.87. The molecule has 2 aromatic carbocycles.